The highest BCUT2D eigenvalue weighted by molar-refractivity contribution is 5.98. The van der Waals surface area contributed by atoms with Crippen LogP contribution >= 0.6 is 0 Å². The van der Waals surface area contributed by atoms with Crippen LogP contribution in [0.15, 0.2) is 41.5 Å². The molecule has 0 unspecified atom stereocenters. The monoisotopic (exact) mass is 271 g/mol. The molecule has 1 N–H and O–H groups in total. The summed E-state index contributed by atoms with van der Waals surface area (Å²) in [7, 11) is 0. The van der Waals surface area contributed by atoms with Crippen molar-refractivity contribution in [1.82, 2.24) is 5.43 Å². The lowest BCUT2D eigenvalue weighted by Gasteiger charge is -2.31. The van der Waals surface area contributed by atoms with Gasteiger partial charge in [0.05, 0.1) is 4.92 Å². The van der Waals surface area contributed by atoms with Crippen molar-refractivity contribution in [1.29, 1.82) is 0 Å². The quantitative estimate of drug-likeness (QED) is 0.520. The molecule has 0 spiro atoms. The van der Waals surface area contributed by atoms with Gasteiger partial charge in [0, 0.05) is 29.3 Å². The van der Waals surface area contributed by atoms with E-state index in [1.165, 1.54) is 24.3 Å². The molecule has 2 aliphatic rings. The molecule has 20 heavy (non-hydrogen) atoms. The fourth-order valence-electron chi connectivity index (χ4n) is 2.58. The molecule has 102 valence electrons. The first-order chi connectivity index (χ1) is 9.65. The molecule has 0 bridgehead atoms. The smallest absolute Gasteiger partial charge is 0.267 e. The van der Waals surface area contributed by atoms with Gasteiger partial charge in [0.2, 0.25) is 0 Å². The summed E-state index contributed by atoms with van der Waals surface area (Å²) in [5.74, 6) is 0.694. The van der Waals surface area contributed by atoms with E-state index >= 15 is 0 Å². The summed E-state index contributed by atoms with van der Waals surface area (Å²) < 4.78 is 0. The van der Waals surface area contributed by atoms with Crippen molar-refractivity contribution in [3.63, 3.8) is 0 Å². The average molecular weight is 271 g/mol. The molecule has 1 saturated carbocycles. The van der Waals surface area contributed by atoms with Crippen LogP contribution in [0.5, 0.6) is 0 Å². The Bertz CT molecular complexity index is 619. The van der Waals surface area contributed by atoms with Gasteiger partial charge in [0.1, 0.15) is 0 Å². The molecule has 6 nitrogen and oxygen atoms in total. The minimum atomic E-state index is -0.497. The van der Waals surface area contributed by atoms with Crippen LogP contribution in [0.2, 0.25) is 0 Å². The van der Waals surface area contributed by atoms with Crippen molar-refractivity contribution in [2.24, 2.45) is 16.9 Å². The number of nitro benzene ring substituents is 1. The molecule has 1 aromatic carbocycles. The Morgan fingerprint density at radius 2 is 2.10 bits per heavy atom. The van der Waals surface area contributed by atoms with E-state index in [1.807, 2.05) is 0 Å². The molecule has 0 heterocycles. The van der Waals surface area contributed by atoms with Crippen LogP contribution < -0.4 is 5.43 Å². The number of carbonyl (C=O) groups is 1. The first kappa shape index (κ1) is 12.5. The van der Waals surface area contributed by atoms with E-state index in [1.54, 1.807) is 0 Å². The molecule has 0 saturated heterocycles. The molecule has 2 atom stereocenters. The number of rotatable bonds is 3. The zero-order valence-corrected chi connectivity index (χ0v) is 10.7. The van der Waals surface area contributed by atoms with Gasteiger partial charge in [-0.3, -0.25) is 14.9 Å². The van der Waals surface area contributed by atoms with E-state index < -0.39 is 4.92 Å². The maximum absolute atomic E-state index is 11.9. The second-order valence-electron chi connectivity index (χ2n) is 4.99. The molecule has 6 heteroatoms. The highest BCUT2D eigenvalue weighted by Crippen LogP contribution is 2.40. The van der Waals surface area contributed by atoms with E-state index in [0.29, 0.717) is 17.4 Å². The lowest BCUT2D eigenvalue weighted by atomic mass is 9.74. The van der Waals surface area contributed by atoms with Gasteiger partial charge in [-0.25, -0.2) is 5.43 Å². The van der Waals surface area contributed by atoms with Crippen LogP contribution in [-0.4, -0.2) is 16.5 Å². The number of fused-ring (bicyclic) bond motifs is 1. The Morgan fingerprint density at radius 1 is 1.35 bits per heavy atom. The van der Waals surface area contributed by atoms with Crippen LogP contribution in [0.25, 0.3) is 0 Å². The van der Waals surface area contributed by atoms with Gasteiger partial charge in [-0.1, -0.05) is 12.2 Å². The summed E-state index contributed by atoms with van der Waals surface area (Å²) >= 11 is 0. The third-order valence-electron chi connectivity index (χ3n) is 3.80. The van der Waals surface area contributed by atoms with E-state index in [4.69, 9.17) is 0 Å². The van der Waals surface area contributed by atoms with E-state index in [-0.39, 0.29) is 11.6 Å². The first-order valence-corrected chi connectivity index (χ1v) is 6.43. The van der Waals surface area contributed by atoms with Crippen molar-refractivity contribution < 1.29 is 9.72 Å². The predicted molar refractivity (Wildman–Crippen MR) is 73.4 cm³/mol. The standard InChI is InChI=1S/C14H13N3O3/c18-14(9-4-6-11(7-5-9)17(19)20)16-15-13-8-10-2-1-3-12(10)13/h1-2,4-7,10,12H,3,8H2,(H,16,18)/b15-13-/t10-,12-/m0/s1. The number of allylic oxidation sites excluding steroid dienone is 2. The summed E-state index contributed by atoms with van der Waals surface area (Å²) in [5, 5.41) is 14.7. The van der Waals surface area contributed by atoms with Gasteiger partial charge in [-0.2, -0.15) is 5.10 Å². The lowest BCUT2D eigenvalue weighted by Crippen LogP contribution is -2.35. The normalized spacial score (nSPS) is 25.1. The second-order valence-corrected chi connectivity index (χ2v) is 4.99. The number of nitro groups is 1. The van der Waals surface area contributed by atoms with Crippen molar-refractivity contribution in [3.05, 3.63) is 52.1 Å². The van der Waals surface area contributed by atoms with Gasteiger partial charge < -0.3 is 0 Å². The van der Waals surface area contributed by atoms with Gasteiger partial charge in [-0.15, -0.1) is 0 Å². The molecule has 1 amide bonds. The van der Waals surface area contributed by atoms with E-state index in [0.717, 1.165) is 18.6 Å². The third-order valence-corrected chi connectivity index (χ3v) is 3.80. The van der Waals surface area contributed by atoms with Crippen molar-refractivity contribution in [2.45, 2.75) is 12.8 Å². The lowest BCUT2D eigenvalue weighted by molar-refractivity contribution is -0.384. The number of hydrogen-bond donors (Lipinski definition) is 1. The number of benzene rings is 1. The molecule has 3 rings (SSSR count). The summed E-state index contributed by atoms with van der Waals surface area (Å²) in [5.41, 5.74) is 3.86. The van der Waals surface area contributed by atoms with E-state index in [2.05, 4.69) is 22.7 Å². The van der Waals surface area contributed by atoms with Crippen LogP contribution in [-0.2, 0) is 0 Å². The SMILES string of the molecule is O=C(N/N=C1/C[C@@H]2C=CC[C@H]12)c1ccc([N+](=O)[O-])cc1. The zero-order valence-electron chi connectivity index (χ0n) is 10.7. The summed E-state index contributed by atoms with van der Waals surface area (Å²) in [4.78, 5) is 21.9. The molecule has 0 aliphatic heterocycles. The fourth-order valence-corrected chi connectivity index (χ4v) is 2.58. The van der Waals surface area contributed by atoms with Gasteiger partial charge in [0.15, 0.2) is 0 Å². The van der Waals surface area contributed by atoms with Crippen LogP contribution in [0.4, 0.5) is 5.69 Å². The van der Waals surface area contributed by atoms with Gasteiger partial charge in [-0.05, 0) is 30.9 Å². The van der Waals surface area contributed by atoms with Crippen LogP contribution in [0.3, 0.4) is 0 Å². The topological polar surface area (TPSA) is 84.6 Å². The molecule has 0 radical (unpaired) electrons. The van der Waals surface area contributed by atoms with E-state index in [9.17, 15) is 14.9 Å². The predicted octanol–water partition coefficient (Wildman–Crippen LogP) is 2.28. The van der Waals surface area contributed by atoms with Crippen LogP contribution in [0.1, 0.15) is 23.2 Å². The van der Waals surface area contributed by atoms with Crippen molar-refractivity contribution in [2.75, 3.05) is 0 Å². The Balaban J connectivity index is 1.62. The van der Waals surface area contributed by atoms with Crippen molar-refractivity contribution in [3.8, 4) is 0 Å². The number of nitrogens with one attached hydrogen (secondary N) is 1. The fraction of sp³-hybridized carbons (Fsp3) is 0.286. The summed E-state index contributed by atoms with van der Waals surface area (Å²) in [6.07, 6.45) is 6.25. The summed E-state index contributed by atoms with van der Waals surface area (Å²) in [6, 6.07) is 5.47. The maximum atomic E-state index is 11.9. The van der Waals surface area contributed by atoms with Gasteiger partial charge >= 0.3 is 0 Å². The van der Waals surface area contributed by atoms with Gasteiger partial charge in [0.25, 0.3) is 11.6 Å². The number of amides is 1. The Kier molecular flexibility index (Phi) is 3.06. The summed E-state index contributed by atoms with van der Waals surface area (Å²) in [6.45, 7) is 0. The number of nitrogens with zero attached hydrogens (tertiary/aromatic N) is 2. The second kappa shape index (κ2) is 4.88. The molecule has 2 aliphatic carbocycles. The minimum Gasteiger partial charge on any atom is -0.267 e. The number of non-ortho nitro benzene ring substituents is 1. The molecule has 1 aromatic rings. The van der Waals surface area contributed by atoms with Crippen molar-refractivity contribution >= 4 is 17.3 Å². The minimum absolute atomic E-state index is 0.0354. The largest absolute Gasteiger partial charge is 0.271 e. The Morgan fingerprint density at radius 3 is 2.75 bits per heavy atom. The number of hydrazone groups is 1. The number of hydrogen-bond acceptors (Lipinski definition) is 4. The zero-order chi connectivity index (χ0) is 14.1. The molecule has 1 fully saturated rings. The number of carbonyl (C=O) groups excluding carboxylic acids is 1. The average Bonchev–Trinajstić information content (AvgIpc) is 2.80. The Hall–Kier alpha value is -2.50. The Labute approximate surface area is 115 Å². The van der Waals surface area contributed by atoms with Crippen LogP contribution in [0, 0.1) is 22.0 Å². The molecular weight excluding hydrogens is 258 g/mol. The highest BCUT2D eigenvalue weighted by Gasteiger charge is 2.37. The maximum Gasteiger partial charge on any atom is 0.271 e. The third kappa shape index (κ3) is 2.20. The highest BCUT2D eigenvalue weighted by atomic mass is 16.6. The molecule has 0 aromatic heterocycles. The first-order valence-electron chi connectivity index (χ1n) is 6.43. The molecular formula is C14H13N3O3.